The summed E-state index contributed by atoms with van der Waals surface area (Å²) in [4.78, 5) is 26.3. The molecule has 1 N–H and O–H groups in total. The van der Waals surface area contributed by atoms with E-state index in [2.05, 4.69) is 5.10 Å². The summed E-state index contributed by atoms with van der Waals surface area (Å²) in [5.74, 6) is -0.819. The van der Waals surface area contributed by atoms with Gasteiger partial charge in [-0.2, -0.15) is 23.3 Å². The number of imide groups is 1. The van der Waals surface area contributed by atoms with Crippen LogP contribution in [0.4, 0.5) is 18.0 Å². The Bertz CT molecular complexity index is 1520. The molecular formula is C21H16ClF3N4O4S2. The van der Waals surface area contributed by atoms with Gasteiger partial charge in [0.2, 0.25) is 10.0 Å². The molecule has 0 saturated carbocycles. The van der Waals surface area contributed by atoms with E-state index >= 15 is 0 Å². The first kappa shape index (κ1) is 25.2. The zero-order valence-electron chi connectivity index (χ0n) is 18.1. The highest BCUT2D eigenvalue weighted by molar-refractivity contribution is 8.18. The summed E-state index contributed by atoms with van der Waals surface area (Å²) in [5.41, 5.74) is 0.787. The van der Waals surface area contributed by atoms with Gasteiger partial charge in [-0.15, -0.1) is 4.83 Å². The maximum Gasteiger partial charge on any atom is 0.416 e. The molecule has 3 aromatic rings. The van der Waals surface area contributed by atoms with Gasteiger partial charge in [0.15, 0.2) is 0 Å². The number of nitrogens with one attached hydrogen (secondary N) is 1. The molecule has 14 heteroatoms. The highest BCUT2D eigenvalue weighted by atomic mass is 35.5. The van der Waals surface area contributed by atoms with Gasteiger partial charge < -0.3 is 0 Å². The average Bonchev–Trinajstić information content (AvgIpc) is 3.18. The van der Waals surface area contributed by atoms with Crippen molar-refractivity contribution in [3.63, 3.8) is 0 Å². The second-order valence-electron chi connectivity index (χ2n) is 7.70. The maximum atomic E-state index is 13.5. The van der Waals surface area contributed by atoms with Crippen molar-refractivity contribution in [2.24, 2.45) is 0 Å². The number of thioether (sulfide) groups is 1. The van der Waals surface area contributed by atoms with Crippen molar-refractivity contribution in [1.82, 2.24) is 19.6 Å². The minimum Gasteiger partial charge on any atom is -0.266 e. The average molecular weight is 545 g/mol. The summed E-state index contributed by atoms with van der Waals surface area (Å²) in [5, 5.41) is 4.60. The topological polar surface area (TPSA) is 101 Å². The molecule has 1 saturated heterocycles. The Balaban J connectivity index is 1.67. The summed E-state index contributed by atoms with van der Waals surface area (Å²) in [6.45, 7) is 1.55. The van der Waals surface area contributed by atoms with Crippen LogP contribution in [-0.4, -0.2) is 40.6 Å². The maximum absolute atomic E-state index is 13.5. The second-order valence-corrected chi connectivity index (χ2v) is 10.9. The smallest absolute Gasteiger partial charge is 0.266 e. The van der Waals surface area contributed by atoms with Crippen LogP contribution in [0.2, 0.25) is 5.02 Å². The number of alkyl halides is 3. The summed E-state index contributed by atoms with van der Waals surface area (Å²) < 4.78 is 64.7. The summed E-state index contributed by atoms with van der Waals surface area (Å²) in [6, 6.07) is 8.50. The lowest BCUT2D eigenvalue weighted by molar-refractivity contribution is -0.138. The van der Waals surface area contributed by atoms with Crippen LogP contribution in [0.25, 0.3) is 17.0 Å². The predicted molar refractivity (Wildman–Crippen MR) is 126 cm³/mol. The first-order chi connectivity index (χ1) is 16.2. The standard InChI is InChI=1S/C21H16ClF3N4O4S2/c1-11-15-7-12(8-18-19(30)29(20(31)34-18)27-35(2,32)33)3-6-17(15)28(26-11)10-13-4-5-14(22)9-16(13)21(23,24)25/h3-9,27H,10H2,1-2H3. The number of hydrogen-bond acceptors (Lipinski definition) is 6. The van der Waals surface area contributed by atoms with Gasteiger partial charge in [-0.25, -0.2) is 8.42 Å². The number of carbonyl (C=O) groups excluding carboxylic acids is 2. The lowest BCUT2D eigenvalue weighted by Gasteiger charge is -2.14. The predicted octanol–water partition coefficient (Wildman–Crippen LogP) is 4.57. The third kappa shape index (κ3) is 5.37. The minimum absolute atomic E-state index is 0.00225. The van der Waals surface area contributed by atoms with E-state index in [0.717, 1.165) is 12.3 Å². The molecule has 0 spiro atoms. The van der Waals surface area contributed by atoms with Crippen LogP contribution in [0, 0.1) is 6.92 Å². The number of aryl methyl sites for hydroxylation is 1. The number of benzene rings is 2. The third-order valence-corrected chi connectivity index (χ3v) is 6.62. The zero-order chi connectivity index (χ0) is 25.7. The molecule has 1 aliphatic rings. The van der Waals surface area contributed by atoms with E-state index in [9.17, 15) is 31.2 Å². The molecular weight excluding hydrogens is 529 g/mol. The normalized spacial score (nSPS) is 16.2. The molecule has 184 valence electrons. The van der Waals surface area contributed by atoms with Crippen molar-refractivity contribution < 1.29 is 31.2 Å². The highest BCUT2D eigenvalue weighted by Crippen LogP contribution is 2.35. The van der Waals surface area contributed by atoms with E-state index in [1.54, 1.807) is 25.1 Å². The molecule has 2 heterocycles. The van der Waals surface area contributed by atoms with Crippen LogP contribution in [0.1, 0.15) is 22.4 Å². The first-order valence-corrected chi connectivity index (χ1v) is 12.9. The lowest BCUT2D eigenvalue weighted by Crippen LogP contribution is -2.44. The molecule has 0 unspecified atom stereocenters. The van der Waals surface area contributed by atoms with Gasteiger partial charge >= 0.3 is 11.4 Å². The number of carbonyl (C=O) groups is 2. The molecule has 35 heavy (non-hydrogen) atoms. The Kier molecular flexibility index (Phi) is 6.47. The van der Waals surface area contributed by atoms with Crippen molar-refractivity contribution in [3.05, 3.63) is 68.7 Å². The summed E-state index contributed by atoms with van der Waals surface area (Å²) in [6.07, 6.45) is -2.34. The van der Waals surface area contributed by atoms with Gasteiger partial charge in [-0.05, 0) is 60.2 Å². The number of rotatable bonds is 5. The monoisotopic (exact) mass is 544 g/mol. The Hall–Kier alpha value is -2.87. The molecule has 1 aromatic heterocycles. The Morgan fingerprint density at radius 2 is 1.89 bits per heavy atom. The fraction of sp³-hybridized carbons (Fsp3) is 0.190. The van der Waals surface area contributed by atoms with Crippen molar-refractivity contribution in [2.75, 3.05) is 6.26 Å². The minimum atomic E-state index is -4.58. The van der Waals surface area contributed by atoms with Crippen molar-refractivity contribution >= 4 is 61.5 Å². The number of amides is 2. The largest absolute Gasteiger partial charge is 0.416 e. The number of aromatic nitrogens is 2. The molecule has 1 aliphatic heterocycles. The van der Waals surface area contributed by atoms with E-state index in [4.69, 9.17) is 11.6 Å². The van der Waals surface area contributed by atoms with Crippen molar-refractivity contribution in [1.29, 1.82) is 0 Å². The molecule has 0 atom stereocenters. The van der Waals surface area contributed by atoms with Crippen LogP contribution in [0.15, 0.2) is 41.3 Å². The van der Waals surface area contributed by atoms with Gasteiger partial charge in [0.1, 0.15) is 0 Å². The zero-order valence-corrected chi connectivity index (χ0v) is 20.4. The third-order valence-electron chi connectivity index (χ3n) is 5.01. The molecule has 1 fully saturated rings. The molecule has 0 aliphatic carbocycles. The number of hydrogen-bond donors (Lipinski definition) is 1. The van der Waals surface area contributed by atoms with E-state index in [1.807, 2.05) is 4.83 Å². The van der Waals surface area contributed by atoms with Gasteiger partial charge in [0.05, 0.1) is 34.5 Å². The number of fused-ring (bicyclic) bond motifs is 1. The van der Waals surface area contributed by atoms with E-state index in [0.29, 0.717) is 38.9 Å². The fourth-order valence-corrected chi connectivity index (χ4v) is 5.05. The van der Waals surface area contributed by atoms with Crippen molar-refractivity contribution in [3.8, 4) is 0 Å². The number of nitrogens with zero attached hydrogens (tertiary/aromatic N) is 3. The number of hydrazine groups is 1. The van der Waals surface area contributed by atoms with E-state index in [-0.39, 0.29) is 22.0 Å². The molecule has 8 nitrogen and oxygen atoms in total. The second kappa shape index (κ2) is 8.97. The van der Waals surface area contributed by atoms with Gasteiger partial charge in [0, 0.05) is 10.4 Å². The molecule has 4 rings (SSSR count). The highest BCUT2D eigenvalue weighted by Gasteiger charge is 2.37. The van der Waals surface area contributed by atoms with Crippen LogP contribution in [-0.2, 0) is 27.5 Å². The van der Waals surface area contributed by atoms with Gasteiger partial charge in [-0.3, -0.25) is 14.3 Å². The summed E-state index contributed by atoms with van der Waals surface area (Å²) in [7, 11) is -3.84. The Labute approximate surface area is 206 Å². The fourth-order valence-electron chi connectivity index (χ4n) is 3.54. The van der Waals surface area contributed by atoms with Crippen LogP contribution >= 0.6 is 23.4 Å². The summed E-state index contributed by atoms with van der Waals surface area (Å²) >= 11 is 6.33. The SMILES string of the molecule is Cc1nn(Cc2ccc(Cl)cc2C(F)(F)F)c2ccc(C=C3SC(=O)N(NS(C)(=O)=O)C3=O)cc12. The Morgan fingerprint density at radius 1 is 1.17 bits per heavy atom. The van der Waals surface area contributed by atoms with Crippen LogP contribution in [0.5, 0.6) is 0 Å². The van der Waals surface area contributed by atoms with Gasteiger partial charge in [-0.1, -0.05) is 23.7 Å². The van der Waals surface area contributed by atoms with Gasteiger partial charge in [0.25, 0.3) is 5.91 Å². The van der Waals surface area contributed by atoms with E-state index < -0.39 is 32.9 Å². The van der Waals surface area contributed by atoms with Crippen molar-refractivity contribution in [2.45, 2.75) is 19.6 Å². The quantitative estimate of drug-likeness (QED) is 0.472. The van der Waals surface area contributed by atoms with Crippen LogP contribution < -0.4 is 4.83 Å². The number of halogens is 4. The molecule has 0 bridgehead atoms. The Morgan fingerprint density at radius 3 is 2.54 bits per heavy atom. The first-order valence-electron chi connectivity index (χ1n) is 9.81. The molecule has 2 aromatic carbocycles. The molecule has 0 radical (unpaired) electrons. The lowest BCUT2D eigenvalue weighted by atomic mass is 10.1. The van der Waals surface area contributed by atoms with Crippen LogP contribution in [0.3, 0.4) is 0 Å². The van der Waals surface area contributed by atoms with E-state index in [1.165, 1.54) is 22.9 Å². The molecule has 2 amide bonds. The number of sulfonamides is 1.